The van der Waals surface area contributed by atoms with Crippen LogP contribution in [0.4, 0.5) is 18.9 Å². The fourth-order valence-electron chi connectivity index (χ4n) is 5.36. The predicted octanol–water partition coefficient (Wildman–Crippen LogP) is 6.81. The molecule has 0 radical (unpaired) electrons. The zero-order valence-corrected chi connectivity index (χ0v) is 25.8. The number of hydrogen-bond acceptors (Lipinski definition) is 4. The number of alkyl halides is 3. The van der Waals surface area contributed by atoms with Crippen molar-refractivity contribution in [2.24, 2.45) is 0 Å². The summed E-state index contributed by atoms with van der Waals surface area (Å²) < 4.78 is 69.6. The van der Waals surface area contributed by atoms with Crippen LogP contribution in [-0.2, 0) is 32.3 Å². The Morgan fingerprint density at radius 3 is 2.16 bits per heavy atom. The van der Waals surface area contributed by atoms with Crippen molar-refractivity contribution < 1.29 is 31.2 Å². The average Bonchev–Trinajstić information content (AvgIpc) is 3.01. The summed E-state index contributed by atoms with van der Waals surface area (Å²) in [6.07, 6.45) is 0.142. The number of nitrogens with zero attached hydrogens (tertiary/aromatic N) is 2. The van der Waals surface area contributed by atoms with E-state index in [1.807, 2.05) is 0 Å². The molecule has 1 N–H and O–H groups in total. The summed E-state index contributed by atoms with van der Waals surface area (Å²) in [5, 5.41) is 2.76. The normalized spacial score (nSPS) is 14.9. The van der Waals surface area contributed by atoms with Gasteiger partial charge in [-0.15, -0.1) is 0 Å². The van der Waals surface area contributed by atoms with Gasteiger partial charge in [-0.2, -0.15) is 13.2 Å². The third-order valence-electron chi connectivity index (χ3n) is 7.69. The number of nitrogens with one attached hydrogen (secondary N) is 1. The molecule has 1 aliphatic rings. The third-order valence-corrected chi connectivity index (χ3v) is 9.78. The number of amides is 2. The Hall–Kier alpha value is -3.57. The van der Waals surface area contributed by atoms with E-state index in [1.54, 1.807) is 43.3 Å². The molecule has 0 aromatic heterocycles. The number of carbonyl (C=O) groups excluding carboxylic acids is 2. The van der Waals surface area contributed by atoms with Crippen LogP contribution in [0.3, 0.4) is 0 Å². The molecule has 1 atom stereocenters. The lowest BCUT2D eigenvalue weighted by molar-refractivity contribution is -0.140. The smallest absolute Gasteiger partial charge is 0.352 e. The molecule has 2 amide bonds. The van der Waals surface area contributed by atoms with Crippen molar-refractivity contribution >= 4 is 39.1 Å². The zero-order valence-electron chi connectivity index (χ0n) is 24.3. The van der Waals surface area contributed by atoms with Gasteiger partial charge in [-0.1, -0.05) is 86.3 Å². The van der Waals surface area contributed by atoms with Gasteiger partial charge in [0.1, 0.15) is 12.6 Å². The molecule has 7 nitrogen and oxygen atoms in total. The molecule has 12 heteroatoms. The van der Waals surface area contributed by atoms with Crippen molar-refractivity contribution in [2.45, 2.75) is 75.1 Å². The molecule has 1 fully saturated rings. The van der Waals surface area contributed by atoms with Gasteiger partial charge in [0.25, 0.3) is 10.0 Å². The van der Waals surface area contributed by atoms with Crippen LogP contribution in [-0.4, -0.2) is 43.8 Å². The van der Waals surface area contributed by atoms with E-state index in [-0.39, 0.29) is 34.8 Å². The van der Waals surface area contributed by atoms with Crippen molar-refractivity contribution in [1.82, 2.24) is 10.2 Å². The van der Waals surface area contributed by atoms with Crippen molar-refractivity contribution in [3.05, 3.63) is 95.0 Å². The Balaban J connectivity index is 1.76. The predicted molar refractivity (Wildman–Crippen MR) is 164 cm³/mol. The van der Waals surface area contributed by atoms with E-state index in [2.05, 4.69) is 5.32 Å². The van der Waals surface area contributed by atoms with E-state index in [0.29, 0.717) is 15.9 Å². The molecule has 0 spiro atoms. The van der Waals surface area contributed by atoms with Gasteiger partial charge in [0, 0.05) is 12.6 Å². The van der Waals surface area contributed by atoms with Gasteiger partial charge in [0.15, 0.2) is 0 Å². The number of rotatable bonds is 11. The summed E-state index contributed by atoms with van der Waals surface area (Å²) in [6.45, 7) is 0.836. The van der Waals surface area contributed by atoms with E-state index < -0.39 is 45.9 Å². The van der Waals surface area contributed by atoms with Crippen LogP contribution in [0.5, 0.6) is 0 Å². The molecule has 1 aliphatic carbocycles. The molecule has 236 valence electrons. The standard InChI is InChI=1S/C32H35ClF3N3O4S/c1-2-28(31(41)37-25-14-8-4-9-15-25)38(21-23-12-6-3-7-13-23)30(40)22-39(44(42,43)26-16-10-5-11-17-26)29-20-24(32(34,35)36)18-19-27(29)33/h3,5-7,10-13,16-20,25,28H,2,4,8-9,14-15,21-22H2,1H3,(H,37,41). The fourth-order valence-corrected chi connectivity index (χ4v) is 7.07. The van der Waals surface area contributed by atoms with E-state index in [4.69, 9.17) is 11.6 Å². The number of sulfonamides is 1. The van der Waals surface area contributed by atoms with Crippen molar-refractivity contribution in [2.75, 3.05) is 10.8 Å². The Bertz CT molecular complexity index is 1530. The van der Waals surface area contributed by atoms with E-state index >= 15 is 0 Å². The van der Waals surface area contributed by atoms with Gasteiger partial charge in [0.2, 0.25) is 11.8 Å². The van der Waals surface area contributed by atoms with Crippen molar-refractivity contribution in [1.29, 1.82) is 0 Å². The van der Waals surface area contributed by atoms with E-state index in [0.717, 1.165) is 44.2 Å². The van der Waals surface area contributed by atoms with E-state index in [1.165, 1.54) is 29.2 Å². The minimum Gasteiger partial charge on any atom is -0.352 e. The second-order valence-electron chi connectivity index (χ2n) is 10.8. The summed E-state index contributed by atoms with van der Waals surface area (Å²) in [6, 6.07) is 17.3. The summed E-state index contributed by atoms with van der Waals surface area (Å²) in [7, 11) is -4.58. The van der Waals surface area contributed by atoms with Gasteiger partial charge < -0.3 is 10.2 Å². The molecule has 0 bridgehead atoms. The molecular formula is C32H35ClF3N3O4S. The molecule has 0 aliphatic heterocycles. The number of halogens is 4. The molecule has 1 saturated carbocycles. The highest BCUT2D eigenvalue weighted by Crippen LogP contribution is 2.37. The highest BCUT2D eigenvalue weighted by Gasteiger charge is 2.37. The molecule has 3 aromatic rings. The molecule has 1 unspecified atom stereocenters. The van der Waals surface area contributed by atoms with Gasteiger partial charge in [-0.3, -0.25) is 13.9 Å². The zero-order chi connectivity index (χ0) is 31.9. The molecular weight excluding hydrogens is 615 g/mol. The first-order valence-electron chi connectivity index (χ1n) is 14.5. The highest BCUT2D eigenvalue weighted by molar-refractivity contribution is 7.92. The van der Waals surface area contributed by atoms with Gasteiger partial charge in [-0.25, -0.2) is 8.42 Å². The van der Waals surface area contributed by atoms with Crippen molar-refractivity contribution in [3.63, 3.8) is 0 Å². The van der Waals surface area contributed by atoms with Crippen LogP contribution in [0.25, 0.3) is 0 Å². The number of hydrogen-bond donors (Lipinski definition) is 1. The maximum Gasteiger partial charge on any atom is 0.416 e. The fraction of sp³-hybridized carbons (Fsp3) is 0.375. The van der Waals surface area contributed by atoms with Gasteiger partial charge in [-0.05, 0) is 55.2 Å². The van der Waals surface area contributed by atoms with Gasteiger partial charge >= 0.3 is 6.18 Å². The highest BCUT2D eigenvalue weighted by atomic mass is 35.5. The third kappa shape index (κ3) is 8.12. The lowest BCUT2D eigenvalue weighted by Crippen LogP contribution is -2.54. The van der Waals surface area contributed by atoms with Crippen LogP contribution in [0.2, 0.25) is 5.02 Å². The number of carbonyl (C=O) groups is 2. The Labute approximate surface area is 261 Å². The summed E-state index contributed by atoms with van der Waals surface area (Å²) >= 11 is 6.31. The molecule has 3 aromatic carbocycles. The topological polar surface area (TPSA) is 86.8 Å². The van der Waals surface area contributed by atoms with Gasteiger partial charge in [0.05, 0.1) is 21.2 Å². The Kier molecular flexibility index (Phi) is 11.0. The second kappa shape index (κ2) is 14.5. The van der Waals surface area contributed by atoms with Crippen LogP contribution >= 0.6 is 11.6 Å². The minimum absolute atomic E-state index is 0.0220. The maximum atomic E-state index is 14.2. The molecule has 0 heterocycles. The number of benzene rings is 3. The monoisotopic (exact) mass is 649 g/mol. The maximum absolute atomic E-state index is 14.2. The van der Waals surface area contributed by atoms with E-state index in [9.17, 15) is 31.2 Å². The largest absolute Gasteiger partial charge is 0.416 e. The van der Waals surface area contributed by atoms with Crippen LogP contribution in [0.15, 0.2) is 83.8 Å². The average molecular weight is 650 g/mol. The lowest BCUT2D eigenvalue weighted by atomic mass is 9.95. The minimum atomic E-state index is -4.80. The summed E-state index contributed by atoms with van der Waals surface area (Å²) in [5.41, 5.74) is -0.936. The molecule has 44 heavy (non-hydrogen) atoms. The SMILES string of the molecule is CCC(C(=O)NC1CCCCC1)N(Cc1ccccc1)C(=O)CN(c1cc(C(F)(F)F)ccc1Cl)S(=O)(=O)c1ccccc1. The van der Waals surface area contributed by atoms with Crippen LogP contribution in [0.1, 0.15) is 56.6 Å². The van der Waals surface area contributed by atoms with Crippen LogP contribution < -0.4 is 9.62 Å². The first kappa shape index (κ1) is 33.3. The van der Waals surface area contributed by atoms with Crippen molar-refractivity contribution in [3.8, 4) is 0 Å². The lowest BCUT2D eigenvalue weighted by Gasteiger charge is -2.34. The Morgan fingerprint density at radius 2 is 1.57 bits per heavy atom. The Morgan fingerprint density at radius 1 is 0.955 bits per heavy atom. The quantitative estimate of drug-likeness (QED) is 0.247. The first-order chi connectivity index (χ1) is 20.9. The second-order valence-corrected chi connectivity index (χ2v) is 13.0. The summed E-state index contributed by atoms with van der Waals surface area (Å²) in [5.74, 6) is -1.13. The molecule has 0 saturated heterocycles. The first-order valence-corrected chi connectivity index (χ1v) is 16.3. The number of anilines is 1. The molecule has 4 rings (SSSR count). The summed E-state index contributed by atoms with van der Waals surface area (Å²) in [4.78, 5) is 28.8. The van der Waals surface area contributed by atoms with Crippen LogP contribution in [0, 0.1) is 0 Å².